The molecule has 322 valence electrons. The first-order chi connectivity index (χ1) is 29.9. The number of benzene rings is 4. The van der Waals surface area contributed by atoms with Crippen molar-refractivity contribution in [3.8, 4) is 38.7 Å². The summed E-state index contributed by atoms with van der Waals surface area (Å²) in [6, 6.07) is 27.2. The highest BCUT2D eigenvalue weighted by molar-refractivity contribution is 7.29. The summed E-state index contributed by atoms with van der Waals surface area (Å²) in [7, 11) is 0. The van der Waals surface area contributed by atoms with E-state index in [4.69, 9.17) is 14.7 Å². The van der Waals surface area contributed by atoms with Gasteiger partial charge in [0.1, 0.15) is 5.75 Å². The maximum atomic E-state index is 6.06. The van der Waals surface area contributed by atoms with Gasteiger partial charge in [-0.2, -0.15) is 0 Å². The van der Waals surface area contributed by atoms with E-state index in [2.05, 4.69) is 114 Å². The van der Waals surface area contributed by atoms with Gasteiger partial charge in [-0.15, -0.1) is 22.7 Å². The van der Waals surface area contributed by atoms with E-state index in [1.807, 2.05) is 22.7 Å². The van der Waals surface area contributed by atoms with Gasteiger partial charge in [-0.25, -0.2) is 9.97 Å². The molecule has 0 unspecified atom stereocenters. The third-order valence-corrected chi connectivity index (χ3v) is 15.0. The molecule has 0 aliphatic heterocycles. The topological polar surface area (TPSA) is 35.0 Å². The molecule has 0 saturated carbocycles. The van der Waals surface area contributed by atoms with Crippen LogP contribution in [0.25, 0.3) is 64.2 Å². The van der Waals surface area contributed by atoms with Gasteiger partial charge in [0.25, 0.3) is 0 Å². The number of rotatable bonds is 24. The van der Waals surface area contributed by atoms with E-state index in [1.54, 1.807) is 11.1 Å². The number of aryl methyl sites for hydroxylation is 5. The first kappa shape index (κ1) is 45.0. The van der Waals surface area contributed by atoms with Gasteiger partial charge in [-0.05, 0) is 128 Å². The number of nitrogens with zero attached hydrogens (tertiary/aromatic N) is 2. The van der Waals surface area contributed by atoms with Crippen LogP contribution >= 0.6 is 22.7 Å². The molecule has 0 aliphatic rings. The van der Waals surface area contributed by atoms with E-state index in [0.717, 1.165) is 77.2 Å². The number of fused-ring (bicyclic) bond motifs is 4. The number of hydrogen-bond donors (Lipinski definition) is 0. The van der Waals surface area contributed by atoms with Crippen LogP contribution in [0.5, 0.6) is 5.75 Å². The fourth-order valence-electron chi connectivity index (χ4n) is 9.00. The minimum atomic E-state index is 0.736. The molecule has 0 spiro atoms. The summed E-state index contributed by atoms with van der Waals surface area (Å²) in [5.74, 6) is 0.900. The SMILES string of the molecule is CCCCCCCCc1c(CCCCCCCC)c2cc(-c3ccc(C)c4nc(-c5ccc(OCCCC)cc5)c(-c5ccc(CCCC)cc5)nc34)sc2c2sc(C)cc12. The molecule has 0 bridgehead atoms. The van der Waals surface area contributed by atoms with E-state index in [0.29, 0.717) is 0 Å². The molecule has 0 aliphatic carbocycles. The highest BCUT2D eigenvalue weighted by atomic mass is 32.1. The molecule has 3 heterocycles. The van der Waals surface area contributed by atoms with Gasteiger partial charge in [0.05, 0.1) is 38.4 Å². The Balaban J connectivity index is 1.35. The van der Waals surface area contributed by atoms with Crippen molar-refractivity contribution >= 4 is 53.9 Å². The molecular weight excluding hydrogens is 781 g/mol. The van der Waals surface area contributed by atoms with Crippen molar-refractivity contribution in [1.82, 2.24) is 9.97 Å². The molecular formula is C56H70N2OS2. The van der Waals surface area contributed by atoms with Crippen LogP contribution in [0.2, 0.25) is 0 Å². The fraction of sp³-hybridized carbons (Fsp3) is 0.464. The quantitative estimate of drug-likeness (QED) is 0.0568. The standard InChI is InChI=1S/C56H70N2OS2/c1-7-11-15-17-19-21-24-45-46(25-22-20-18-16-12-8-2)49-38-50(61-56(49)55-48(45)37-40(6)60-55)47-35-26-39(5)51-54(47)58-53(42-29-27-41(28-30-42)23-13-9-3)52(57-51)43-31-33-44(34-32-43)59-36-14-10-4/h26-35,37-38H,7-25,36H2,1-6H3. The number of thiophene rings is 2. The predicted octanol–water partition coefficient (Wildman–Crippen LogP) is 18.0. The molecule has 0 atom stereocenters. The summed E-state index contributed by atoms with van der Waals surface area (Å²) in [4.78, 5) is 14.0. The fourth-order valence-corrected chi connectivity index (χ4v) is 11.4. The van der Waals surface area contributed by atoms with E-state index in [9.17, 15) is 0 Å². The summed E-state index contributed by atoms with van der Waals surface area (Å²) in [6.45, 7) is 14.3. The highest BCUT2D eigenvalue weighted by Crippen LogP contribution is 2.47. The normalized spacial score (nSPS) is 11.8. The first-order valence-corrected chi connectivity index (χ1v) is 25.7. The lowest BCUT2D eigenvalue weighted by molar-refractivity contribution is 0.309. The molecule has 3 aromatic heterocycles. The van der Waals surface area contributed by atoms with E-state index in [1.165, 1.54) is 137 Å². The average Bonchev–Trinajstić information content (AvgIpc) is 3.90. The summed E-state index contributed by atoms with van der Waals surface area (Å²) < 4.78 is 9.00. The third kappa shape index (κ3) is 10.9. The highest BCUT2D eigenvalue weighted by Gasteiger charge is 2.22. The van der Waals surface area contributed by atoms with Gasteiger partial charge in [0.15, 0.2) is 0 Å². The zero-order valence-corrected chi connectivity index (χ0v) is 39.8. The monoisotopic (exact) mass is 850 g/mol. The van der Waals surface area contributed by atoms with E-state index < -0.39 is 0 Å². The van der Waals surface area contributed by atoms with E-state index in [-0.39, 0.29) is 0 Å². The lowest BCUT2D eigenvalue weighted by atomic mass is 9.91. The number of unbranched alkanes of at least 4 members (excludes halogenated alkanes) is 12. The van der Waals surface area contributed by atoms with Crippen molar-refractivity contribution < 1.29 is 4.74 Å². The van der Waals surface area contributed by atoms with Gasteiger partial charge < -0.3 is 4.74 Å². The maximum Gasteiger partial charge on any atom is 0.119 e. The van der Waals surface area contributed by atoms with Crippen LogP contribution in [0, 0.1) is 13.8 Å². The maximum absolute atomic E-state index is 6.06. The summed E-state index contributed by atoms with van der Waals surface area (Å²) in [5, 5.41) is 2.99. The van der Waals surface area contributed by atoms with E-state index >= 15 is 0 Å². The molecule has 5 heteroatoms. The minimum Gasteiger partial charge on any atom is -0.494 e. The molecule has 4 aromatic carbocycles. The second kappa shape index (κ2) is 22.3. The second-order valence-electron chi connectivity index (χ2n) is 17.5. The van der Waals surface area contributed by atoms with Crippen LogP contribution < -0.4 is 4.74 Å². The van der Waals surface area contributed by atoms with Crippen molar-refractivity contribution in [2.24, 2.45) is 0 Å². The molecule has 0 saturated heterocycles. The average molecular weight is 851 g/mol. The first-order valence-electron chi connectivity index (χ1n) is 24.1. The number of aromatic nitrogens is 2. The Kier molecular flexibility index (Phi) is 16.5. The minimum absolute atomic E-state index is 0.736. The van der Waals surface area contributed by atoms with Gasteiger partial charge >= 0.3 is 0 Å². The van der Waals surface area contributed by atoms with Crippen LogP contribution in [0.4, 0.5) is 0 Å². The smallest absolute Gasteiger partial charge is 0.119 e. The second-order valence-corrected chi connectivity index (χ2v) is 19.8. The van der Waals surface area contributed by atoms with Crippen LogP contribution in [0.1, 0.15) is 158 Å². The lowest BCUT2D eigenvalue weighted by Crippen LogP contribution is -1.99. The molecule has 0 radical (unpaired) electrons. The number of hydrogen-bond acceptors (Lipinski definition) is 5. The molecule has 7 aromatic rings. The van der Waals surface area contributed by atoms with Gasteiger partial charge in [-0.3, -0.25) is 0 Å². The van der Waals surface area contributed by atoms with Crippen LogP contribution in [-0.2, 0) is 19.3 Å². The lowest BCUT2D eigenvalue weighted by Gasteiger charge is -2.15. The van der Waals surface area contributed by atoms with Gasteiger partial charge in [0.2, 0.25) is 0 Å². The van der Waals surface area contributed by atoms with Crippen molar-refractivity contribution in [2.45, 2.75) is 164 Å². The molecule has 0 amide bonds. The number of ether oxygens (including phenoxy) is 1. The van der Waals surface area contributed by atoms with Gasteiger partial charge in [-0.1, -0.05) is 141 Å². The van der Waals surface area contributed by atoms with Crippen molar-refractivity contribution in [3.63, 3.8) is 0 Å². The molecule has 0 fully saturated rings. The largest absolute Gasteiger partial charge is 0.494 e. The molecule has 0 N–H and O–H groups in total. The molecule has 7 rings (SSSR count). The van der Waals surface area contributed by atoms with Crippen LogP contribution in [0.3, 0.4) is 0 Å². The Morgan fingerprint density at radius 2 is 1.03 bits per heavy atom. The van der Waals surface area contributed by atoms with Crippen molar-refractivity contribution in [2.75, 3.05) is 6.61 Å². The third-order valence-electron chi connectivity index (χ3n) is 12.6. The van der Waals surface area contributed by atoms with Crippen LogP contribution in [0.15, 0.2) is 72.8 Å². The Bertz CT molecular complexity index is 2470. The van der Waals surface area contributed by atoms with Crippen molar-refractivity contribution in [3.05, 3.63) is 99.9 Å². The van der Waals surface area contributed by atoms with Crippen molar-refractivity contribution in [1.29, 1.82) is 0 Å². The predicted molar refractivity (Wildman–Crippen MR) is 269 cm³/mol. The summed E-state index contributed by atoms with van der Waals surface area (Å²) in [6.07, 6.45) is 23.9. The van der Waals surface area contributed by atoms with Crippen LogP contribution in [-0.4, -0.2) is 16.6 Å². The zero-order valence-electron chi connectivity index (χ0n) is 38.2. The Labute approximate surface area is 375 Å². The Hall–Kier alpha value is -4.06. The Morgan fingerprint density at radius 3 is 1.66 bits per heavy atom. The molecule has 61 heavy (non-hydrogen) atoms. The Morgan fingerprint density at radius 1 is 0.492 bits per heavy atom. The summed E-state index contributed by atoms with van der Waals surface area (Å²) >= 11 is 3.97. The molecule has 3 nitrogen and oxygen atoms in total. The zero-order chi connectivity index (χ0) is 42.6. The van der Waals surface area contributed by atoms with Gasteiger partial charge in [0, 0.05) is 26.4 Å². The summed E-state index contributed by atoms with van der Waals surface area (Å²) in [5.41, 5.74) is 12.9.